The molecule has 0 saturated carbocycles. The summed E-state index contributed by atoms with van der Waals surface area (Å²) in [4.78, 5) is 40.1. The minimum Gasteiger partial charge on any atom is -0.481 e. The average molecular weight is 437 g/mol. The zero-order valence-electron chi connectivity index (χ0n) is 17.9. The third-order valence-corrected chi connectivity index (χ3v) is 5.99. The molecule has 1 atom stereocenters. The van der Waals surface area contributed by atoms with E-state index < -0.39 is 12.0 Å². The Morgan fingerprint density at radius 1 is 1.03 bits per heavy atom. The van der Waals surface area contributed by atoms with Crippen molar-refractivity contribution in [2.45, 2.75) is 25.3 Å². The van der Waals surface area contributed by atoms with E-state index in [4.69, 9.17) is 0 Å². The summed E-state index contributed by atoms with van der Waals surface area (Å²) >= 11 is 0. The Balaban J connectivity index is 1.40. The van der Waals surface area contributed by atoms with Crippen LogP contribution >= 0.6 is 0 Å². The van der Waals surface area contributed by atoms with Crippen LogP contribution in [-0.2, 0) is 22.4 Å². The van der Waals surface area contributed by atoms with Gasteiger partial charge in [0.05, 0.1) is 12.5 Å². The normalized spacial score (nSPS) is 16.9. The first kappa shape index (κ1) is 21.8. The summed E-state index contributed by atoms with van der Waals surface area (Å²) in [5, 5.41) is 15.4. The monoisotopic (exact) mass is 436 g/mol. The SMILES string of the molecule is O=C(O)CC(NC(=O)CN1CCN(c2ccc3c(c2)CCNCC3)C1=O)c1ccccc1. The molecule has 1 fully saturated rings. The maximum Gasteiger partial charge on any atom is 0.325 e. The second-order valence-electron chi connectivity index (χ2n) is 8.19. The maximum absolute atomic E-state index is 13.0. The number of rotatable bonds is 7. The molecule has 0 aliphatic carbocycles. The van der Waals surface area contributed by atoms with E-state index in [2.05, 4.69) is 22.8 Å². The smallest absolute Gasteiger partial charge is 0.325 e. The Bertz CT molecular complexity index is 995. The number of carbonyl (C=O) groups is 3. The highest BCUT2D eigenvalue weighted by Gasteiger charge is 2.32. The van der Waals surface area contributed by atoms with E-state index in [1.54, 1.807) is 29.2 Å². The second kappa shape index (κ2) is 9.82. The zero-order chi connectivity index (χ0) is 22.5. The summed E-state index contributed by atoms with van der Waals surface area (Å²) < 4.78 is 0. The van der Waals surface area contributed by atoms with Crippen LogP contribution in [0.15, 0.2) is 48.5 Å². The van der Waals surface area contributed by atoms with Gasteiger partial charge >= 0.3 is 12.0 Å². The summed E-state index contributed by atoms with van der Waals surface area (Å²) in [6.07, 6.45) is 1.69. The van der Waals surface area contributed by atoms with E-state index in [-0.39, 0.29) is 24.9 Å². The van der Waals surface area contributed by atoms with Crippen molar-refractivity contribution in [2.75, 3.05) is 37.6 Å². The molecule has 0 bridgehead atoms. The van der Waals surface area contributed by atoms with Crippen molar-refractivity contribution in [3.63, 3.8) is 0 Å². The van der Waals surface area contributed by atoms with Gasteiger partial charge in [0.25, 0.3) is 0 Å². The predicted octanol–water partition coefficient (Wildman–Crippen LogP) is 1.95. The maximum atomic E-state index is 13.0. The van der Waals surface area contributed by atoms with Gasteiger partial charge in [-0.05, 0) is 54.8 Å². The topological polar surface area (TPSA) is 102 Å². The number of carboxylic acid groups (broad SMARTS) is 1. The van der Waals surface area contributed by atoms with Crippen molar-refractivity contribution in [3.8, 4) is 0 Å². The molecule has 3 amide bonds. The Kier molecular flexibility index (Phi) is 6.70. The number of fused-ring (bicyclic) bond motifs is 1. The van der Waals surface area contributed by atoms with Crippen LogP contribution in [0.2, 0.25) is 0 Å². The van der Waals surface area contributed by atoms with Crippen LogP contribution in [0, 0.1) is 0 Å². The van der Waals surface area contributed by atoms with Gasteiger partial charge in [0.1, 0.15) is 6.54 Å². The number of urea groups is 1. The summed E-state index contributed by atoms with van der Waals surface area (Å²) in [5.41, 5.74) is 4.14. The Hall–Kier alpha value is -3.39. The van der Waals surface area contributed by atoms with Crippen LogP contribution in [0.5, 0.6) is 0 Å². The third kappa shape index (κ3) is 5.08. The summed E-state index contributed by atoms with van der Waals surface area (Å²) in [6, 6.07) is 14.3. The van der Waals surface area contributed by atoms with Crippen LogP contribution in [-0.4, -0.2) is 60.6 Å². The number of hydrogen-bond acceptors (Lipinski definition) is 4. The Morgan fingerprint density at radius 2 is 1.78 bits per heavy atom. The van der Waals surface area contributed by atoms with E-state index in [9.17, 15) is 19.5 Å². The molecule has 2 aliphatic rings. The van der Waals surface area contributed by atoms with Gasteiger partial charge in [0.15, 0.2) is 0 Å². The molecule has 1 unspecified atom stereocenters. The number of carbonyl (C=O) groups excluding carboxylic acids is 2. The summed E-state index contributed by atoms with van der Waals surface area (Å²) in [5.74, 6) is -1.37. The van der Waals surface area contributed by atoms with Gasteiger partial charge in [0, 0.05) is 18.8 Å². The lowest BCUT2D eigenvalue weighted by Gasteiger charge is -2.22. The lowest BCUT2D eigenvalue weighted by molar-refractivity contribution is -0.137. The fraction of sp³-hybridized carbons (Fsp3) is 0.375. The van der Waals surface area contributed by atoms with Gasteiger partial charge in [-0.3, -0.25) is 14.5 Å². The first-order valence-corrected chi connectivity index (χ1v) is 11.0. The fourth-order valence-electron chi connectivity index (χ4n) is 4.32. The van der Waals surface area contributed by atoms with Crippen LogP contribution in [0.25, 0.3) is 0 Å². The summed E-state index contributed by atoms with van der Waals surface area (Å²) in [7, 11) is 0. The number of aliphatic carboxylic acids is 1. The van der Waals surface area contributed by atoms with Crippen LogP contribution in [0.1, 0.15) is 29.2 Å². The lowest BCUT2D eigenvalue weighted by Crippen LogP contribution is -2.41. The molecule has 8 heteroatoms. The molecule has 2 aromatic rings. The van der Waals surface area contributed by atoms with Crippen LogP contribution < -0.4 is 15.5 Å². The fourth-order valence-corrected chi connectivity index (χ4v) is 4.32. The first-order valence-electron chi connectivity index (χ1n) is 11.0. The molecule has 3 N–H and O–H groups in total. The van der Waals surface area contributed by atoms with Gasteiger partial charge in [-0.25, -0.2) is 4.79 Å². The van der Waals surface area contributed by atoms with Crippen molar-refractivity contribution in [1.29, 1.82) is 0 Å². The van der Waals surface area contributed by atoms with Gasteiger partial charge in [-0.15, -0.1) is 0 Å². The van der Waals surface area contributed by atoms with E-state index in [0.29, 0.717) is 13.1 Å². The van der Waals surface area contributed by atoms with E-state index in [1.165, 1.54) is 16.0 Å². The molecule has 32 heavy (non-hydrogen) atoms. The van der Waals surface area contributed by atoms with Gasteiger partial charge in [0.2, 0.25) is 5.91 Å². The van der Waals surface area contributed by atoms with Crippen LogP contribution in [0.3, 0.4) is 0 Å². The van der Waals surface area contributed by atoms with Crippen molar-refractivity contribution >= 4 is 23.6 Å². The molecule has 0 spiro atoms. The molecule has 0 radical (unpaired) electrons. The molecule has 8 nitrogen and oxygen atoms in total. The lowest BCUT2D eigenvalue weighted by atomic mass is 10.0. The van der Waals surface area contributed by atoms with Gasteiger partial charge in [-0.1, -0.05) is 36.4 Å². The highest BCUT2D eigenvalue weighted by molar-refractivity contribution is 5.96. The standard InChI is InChI=1S/C24H28N4O4/c29-22(26-21(15-23(30)31)18-4-2-1-3-5-18)16-27-12-13-28(24(27)32)20-7-6-17-8-10-25-11-9-19(17)14-20/h1-7,14,21,25H,8-13,15-16H2,(H,26,29)(H,30,31). The van der Waals surface area contributed by atoms with Gasteiger partial charge in [-0.2, -0.15) is 0 Å². The number of carboxylic acids is 1. The number of nitrogens with one attached hydrogen (secondary N) is 2. The minimum atomic E-state index is -0.999. The van der Waals surface area contributed by atoms with Gasteiger partial charge < -0.3 is 20.6 Å². The predicted molar refractivity (Wildman–Crippen MR) is 121 cm³/mol. The molecule has 1 saturated heterocycles. The number of hydrogen-bond donors (Lipinski definition) is 3. The zero-order valence-corrected chi connectivity index (χ0v) is 17.9. The van der Waals surface area contributed by atoms with E-state index in [1.807, 2.05) is 12.1 Å². The molecule has 2 heterocycles. The molecule has 2 aliphatic heterocycles. The van der Waals surface area contributed by atoms with Crippen molar-refractivity contribution in [3.05, 3.63) is 65.2 Å². The van der Waals surface area contributed by atoms with Crippen molar-refractivity contribution < 1.29 is 19.5 Å². The largest absolute Gasteiger partial charge is 0.481 e. The average Bonchev–Trinajstić information content (AvgIpc) is 2.98. The Morgan fingerprint density at radius 3 is 2.53 bits per heavy atom. The van der Waals surface area contributed by atoms with Crippen LogP contribution in [0.4, 0.5) is 10.5 Å². The third-order valence-electron chi connectivity index (χ3n) is 5.99. The second-order valence-corrected chi connectivity index (χ2v) is 8.19. The minimum absolute atomic E-state index is 0.104. The number of nitrogens with zero attached hydrogens (tertiary/aromatic N) is 2. The highest BCUT2D eigenvalue weighted by atomic mass is 16.4. The van der Waals surface area contributed by atoms with Crippen molar-refractivity contribution in [1.82, 2.24) is 15.5 Å². The molecule has 4 rings (SSSR count). The number of amides is 3. The quantitative estimate of drug-likeness (QED) is 0.616. The summed E-state index contributed by atoms with van der Waals surface area (Å²) in [6.45, 7) is 2.74. The first-order chi connectivity index (χ1) is 15.5. The number of anilines is 1. The molecule has 0 aromatic heterocycles. The highest BCUT2D eigenvalue weighted by Crippen LogP contribution is 2.25. The Labute approximate surface area is 187 Å². The molecule has 168 valence electrons. The molecular formula is C24H28N4O4. The number of benzene rings is 2. The van der Waals surface area contributed by atoms with E-state index in [0.717, 1.165) is 37.2 Å². The molecule has 2 aromatic carbocycles. The van der Waals surface area contributed by atoms with E-state index >= 15 is 0 Å². The van der Waals surface area contributed by atoms with Crippen molar-refractivity contribution in [2.24, 2.45) is 0 Å². The molecular weight excluding hydrogens is 408 g/mol.